The van der Waals surface area contributed by atoms with Crippen molar-refractivity contribution in [3.8, 4) is 0 Å². The van der Waals surface area contributed by atoms with Gasteiger partial charge < -0.3 is 15.8 Å². The van der Waals surface area contributed by atoms with Crippen LogP contribution in [-0.2, 0) is 4.74 Å². The topological polar surface area (TPSA) is 90.1 Å². The van der Waals surface area contributed by atoms with E-state index in [1.54, 1.807) is 6.20 Å². The van der Waals surface area contributed by atoms with E-state index in [-0.39, 0.29) is 6.04 Å². The first-order valence-electron chi connectivity index (χ1n) is 6.92. The second-order valence-electron chi connectivity index (χ2n) is 5.95. The molecule has 0 aliphatic heterocycles. The maximum absolute atomic E-state index is 11.6. The van der Waals surface area contributed by atoms with Gasteiger partial charge in [0.25, 0.3) is 0 Å². The third-order valence-corrected chi connectivity index (χ3v) is 2.54. The molecular weight excluding hydrogens is 268 g/mol. The third kappa shape index (κ3) is 6.74. The Balaban J connectivity index is 2.45. The minimum Gasteiger partial charge on any atom is -0.444 e. The monoisotopic (exact) mass is 292 g/mol. The standard InChI is InChI=1S/C15H24N4O2/c1-10(18-14(20)21-15(3,4)5)7-6-8-12-9-17-13(16)11(2)19-12/h6,8-10H,7H2,1-5H3,(H2,16,17)(H,18,20)/b8-6+/t10-/m0/s1. The van der Waals surface area contributed by atoms with Crippen molar-refractivity contribution in [2.24, 2.45) is 0 Å². The summed E-state index contributed by atoms with van der Waals surface area (Å²) in [5.74, 6) is 0.437. The number of rotatable bonds is 4. The van der Waals surface area contributed by atoms with Gasteiger partial charge in [-0.1, -0.05) is 6.08 Å². The van der Waals surface area contributed by atoms with Gasteiger partial charge in [0, 0.05) is 6.04 Å². The quantitative estimate of drug-likeness (QED) is 0.890. The lowest BCUT2D eigenvalue weighted by molar-refractivity contribution is 0.0509. The largest absolute Gasteiger partial charge is 0.444 e. The molecule has 0 radical (unpaired) electrons. The van der Waals surface area contributed by atoms with Crippen LogP contribution in [0.3, 0.4) is 0 Å². The number of nitrogens with one attached hydrogen (secondary N) is 1. The maximum Gasteiger partial charge on any atom is 0.407 e. The van der Waals surface area contributed by atoms with Crippen molar-refractivity contribution in [1.82, 2.24) is 15.3 Å². The lowest BCUT2D eigenvalue weighted by atomic mass is 10.2. The van der Waals surface area contributed by atoms with E-state index in [0.717, 1.165) is 5.69 Å². The summed E-state index contributed by atoms with van der Waals surface area (Å²) in [6.45, 7) is 9.22. The number of hydrogen-bond acceptors (Lipinski definition) is 5. The molecule has 116 valence electrons. The normalized spacial score (nSPS) is 13.2. The van der Waals surface area contributed by atoms with Gasteiger partial charge in [0.1, 0.15) is 11.4 Å². The zero-order chi connectivity index (χ0) is 16.0. The highest BCUT2D eigenvalue weighted by Crippen LogP contribution is 2.08. The molecule has 0 aromatic carbocycles. The maximum atomic E-state index is 11.6. The minimum absolute atomic E-state index is 0.0288. The smallest absolute Gasteiger partial charge is 0.407 e. The van der Waals surface area contributed by atoms with E-state index in [4.69, 9.17) is 10.5 Å². The van der Waals surface area contributed by atoms with Crippen LogP contribution in [0, 0.1) is 6.92 Å². The summed E-state index contributed by atoms with van der Waals surface area (Å²) >= 11 is 0. The molecule has 1 rings (SSSR count). The van der Waals surface area contributed by atoms with Crippen molar-refractivity contribution in [2.45, 2.75) is 52.7 Å². The predicted molar refractivity (Wildman–Crippen MR) is 83.7 cm³/mol. The second kappa shape index (κ2) is 7.06. The Bertz CT molecular complexity index is 521. The van der Waals surface area contributed by atoms with E-state index >= 15 is 0 Å². The molecular formula is C15H24N4O2. The summed E-state index contributed by atoms with van der Waals surface area (Å²) < 4.78 is 5.19. The highest BCUT2D eigenvalue weighted by atomic mass is 16.6. The van der Waals surface area contributed by atoms with E-state index < -0.39 is 11.7 Å². The van der Waals surface area contributed by atoms with Crippen LogP contribution in [0.2, 0.25) is 0 Å². The van der Waals surface area contributed by atoms with Crippen molar-refractivity contribution in [3.63, 3.8) is 0 Å². The number of carbonyl (C=O) groups is 1. The molecule has 0 unspecified atom stereocenters. The SMILES string of the molecule is Cc1nc(/C=C/C[C@H](C)NC(=O)OC(C)(C)C)cnc1N. The van der Waals surface area contributed by atoms with Gasteiger partial charge in [-0.3, -0.25) is 0 Å². The molecule has 0 saturated carbocycles. The molecule has 6 nitrogen and oxygen atoms in total. The van der Waals surface area contributed by atoms with Gasteiger partial charge in [0.15, 0.2) is 0 Å². The third-order valence-electron chi connectivity index (χ3n) is 2.54. The summed E-state index contributed by atoms with van der Waals surface area (Å²) in [6, 6.07) is -0.0288. The van der Waals surface area contributed by atoms with Crippen molar-refractivity contribution in [1.29, 1.82) is 0 Å². The van der Waals surface area contributed by atoms with Crippen LogP contribution < -0.4 is 11.1 Å². The van der Waals surface area contributed by atoms with Crippen molar-refractivity contribution in [3.05, 3.63) is 23.7 Å². The summed E-state index contributed by atoms with van der Waals surface area (Å²) in [5.41, 5.74) is 6.57. The number of aryl methyl sites for hydroxylation is 1. The Morgan fingerprint density at radius 3 is 2.76 bits per heavy atom. The second-order valence-corrected chi connectivity index (χ2v) is 5.95. The predicted octanol–water partition coefficient (Wildman–Crippen LogP) is 2.68. The van der Waals surface area contributed by atoms with Crippen LogP contribution >= 0.6 is 0 Å². The molecule has 1 aromatic rings. The van der Waals surface area contributed by atoms with E-state index in [2.05, 4.69) is 15.3 Å². The van der Waals surface area contributed by atoms with Crippen LogP contribution in [0.4, 0.5) is 10.6 Å². The number of anilines is 1. The van der Waals surface area contributed by atoms with Crippen LogP contribution in [-0.4, -0.2) is 27.7 Å². The number of aromatic nitrogens is 2. The number of amides is 1. The van der Waals surface area contributed by atoms with Crippen LogP contribution in [0.5, 0.6) is 0 Å². The Labute approximate surface area is 125 Å². The molecule has 0 fully saturated rings. The number of nitrogens with two attached hydrogens (primary N) is 1. The zero-order valence-electron chi connectivity index (χ0n) is 13.3. The van der Waals surface area contributed by atoms with Gasteiger partial charge in [-0.2, -0.15) is 0 Å². The van der Waals surface area contributed by atoms with Gasteiger partial charge in [0.05, 0.1) is 17.6 Å². The van der Waals surface area contributed by atoms with Crippen LogP contribution in [0.15, 0.2) is 12.3 Å². The molecule has 0 aliphatic rings. The molecule has 21 heavy (non-hydrogen) atoms. The summed E-state index contributed by atoms with van der Waals surface area (Å²) in [5, 5.41) is 2.77. The van der Waals surface area contributed by atoms with Crippen molar-refractivity contribution < 1.29 is 9.53 Å². The number of carbonyl (C=O) groups excluding carboxylic acids is 1. The molecule has 1 atom stereocenters. The Kier molecular flexibility index (Phi) is 5.69. The summed E-state index contributed by atoms with van der Waals surface area (Å²) in [6.07, 6.45) is 5.66. The number of nitrogen functional groups attached to an aromatic ring is 1. The average molecular weight is 292 g/mol. The van der Waals surface area contributed by atoms with Gasteiger partial charge in [0.2, 0.25) is 0 Å². The first-order chi connectivity index (χ1) is 9.67. The lowest BCUT2D eigenvalue weighted by Gasteiger charge is -2.21. The van der Waals surface area contributed by atoms with Gasteiger partial charge in [-0.05, 0) is 47.1 Å². The number of ether oxygens (including phenoxy) is 1. The number of alkyl carbamates (subject to hydrolysis) is 1. The van der Waals surface area contributed by atoms with Crippen molar-refractivity contribution in [2.75, 3.05) is 5.73 Å². The highest BCUT2D eigenvalue weighted by Gasteiger charge is 2.17. The fourth-order valence-corrected chi connectivity index (χ4v) is 1.55. The molecule has 6 heteroatoms. The molecule has 1 amide bonds. The van der Waals surface area contributed by atoms with E-state index in [1.807, 2.05) is 46.8 Å². The molecule has 0 spiro atoms. The summed E-state index contributed by atoms with van der Waals surface area (Å²) in [7, 11) is 0. The first kappa shape index (κ1) is 16.9. The van der Waals surface area contributed by atoms with Crippen LogP contribution in [0.1, 0.15) is 45.5 Å². The van der Waals surface area contributed by atoms with Gasteiger partial charge in [-0.15, -0.1) is 0 Å². The number of nitrogens with zero attached hydrogens (tertiary/aromatic N) is 2. The molecule has 1 aromatic heterocycles. The Morgan fingerprint density at radius 2 is 2.19 bits per heavy atom. The van der Waals surface area contributed by atoms with Crippen LogP contribution in [0.25, 0.3) is 6.08 Å². The molecule has 1 heterocycles. The fourth-order valence-electron chi connectivity index (χ4n) is 1.55. The number of hydrogen-bond donors (Lipinski definition) is 2. The van der Waals surface area contributed by atoms with E-state index in [9.17, 15) is 4.79 Å². The fraction of sp³-hybridized carbons (Fsp3) is 0.533. The van der Waals surface area contributed by atoms with Crippen molar-refractivity contribution >= 4 is 18.0 Å². The highest BCUT2D eigenvalue weighted by molar-refractivity contribution is 5.68. The molecule has 0 aliphatic carbocycles. The average Bonchev–Trinajstić information content (AvgIpc) is 2.31. The minimum atomic E-state index is -0.489. The lowest BCUT2D eigenvalue weighted by Crippen LogP contribution is -2.37. The molecule has 0 bridgehead atoms. The van der Waals surface area contributed by atoms with Gasteiger partial charge >= 0.3 is 6.09 Å². The summed E-state index contributed by atoms with van der Waals surface area (Å²) in [4.78, 5) is 19.9. The van der Waals surface area contributed by atoms with E-state index in [1.165, 1.54) is 0 Å². The molecule has 3 N–H and O–H groups in total. The Hall–Kier alpha value is -2.11. The first-order valence-corrected chi connectivity index (χ1v) is 6.92. The zero-order valence-corrected chi connectivity index (χ0v) is 13.3. The van der Waals surface area contributed by atoms with E-state index in [0.29, 0.717) is 17.9 Å². The molecule has 0 saturated heterocycles. The Morgan fingerprint density at radius 1 is 1.52 bits per heavy atom. The van der Waals surface area contributed by atoms with Gasteiger partial charge in [-0.25, -0.2) is 14.8 Å².